The number of nitrogens with zero attached hydrogens (tertiary/aromatic N) is 1. The second kappa shape index (κ2) is 6.70. The van der Waals surface area contributed by atoms with Gasteiger partial charge in [0, 0.05) is 5.56 Å². The first-order valence-corrected chi connectivity index (χ1v) is 6.65. The summed E-state index contributed by atoms with van der Waals surface area (Å²) in [4.78, 5) is 11.9. The van der Waals surface area contributed by atoms with Crippen LogP contribution in [0.4, 0.5) is 0 Å². The summed E-state index contributed by atoms with van der Waals surface area (Å²) >= 11 is 0. The lowest BCUT2D eigenvalue weighted by Gasteiger charge is -2.04. The van der Waals surface area contributed by atoms with Crippen LogP contribution in [0.3, 0.4) is 0 Å². The summed E-state index contributed by atoms with van der Waals surface area (Å²) in [6.45, 7) is 3.94. The van der Waals surface area contributed by atoms with Crippen LogP contribution in [0.25, 0.3) is 0 Å². The number of hydrogen-bond donors (Lipinski definition) is 1. The van der Waals surface area contributed by atoms with Gasteiger partial charge in [0.2, 0.25) is 0 Å². The SMILES string of the molecule is COc1ccc(/C=N/NC(=O)c2ccc(C)cc2)cc1C. The summed E-state index contributed by atoms with van der Waals surface area (Å²) in [5.41, 5.74) is 6.14. The van der Waals surface area contributed by atoms with Crippen molar-refractivity contribution in [3.63, 3.8) is 0 Å². The standard InChI is InChI=1S/C17H18N2O2/c1-12-4-7-15(8-5-12)17(20)19-18-11-14-6-9-16(21-3)13(2)10-14/h4-11H,1-3H3,(H,19,20)/b18-11+. The van der Waals surface area contributed by atoms with Crippen molar-refractivity contribution >= 4 is 12.1 Å². The van der Waals surface area contributed by atoms with Crippen molar-refractivity contribution in [1.82, 2.24) is 5.43 Å². The van der Waals surface area contributed by atoms with E-state index in [1.54, 1.807) is 25.5 Å². The minimum atomic E-state index is -0.225. The lowest BCUT2D eigenvalue weighted by molar-refractivity contribution is 0.0955. The molecule has 0 saturated carbocycles. The van der Waals surface area contributed by atoms with E-state index in [1.165, 1.54) is 0 Å². The van der Waals surface area contributed by atoms with E-state index in [9.17, 15) is 4.79 Å². The average molecular weight is 282 g/mol. The molecule has 0 radical (unpaired) electrons. The first kappa shape index (κ1) is 14.8. The van der Waals surface area contributed by atoms with Crippen molar-refractivity contribution in [2.45, 2.75) is 13.8 Å². The molecule has 0 saturated heterocycles. The molecule has 1 amide bonds. The molecule has 0 spiro atoms. The zero-order chi connectivity index (χ0) is 15.2. The van der Waals surface area contributed by atoms with Crippen molar-refractivity contribution in [2.75, 3.05) is 7.11 Å². The molecule has 21 heavy (non-hydrogen) atoms. The molecule has 0 aliphatic rings. The Morgan fingerprint density at radius 1 is 1.14 bits per heavy atom. The molecule has 0 aliphatic carbocycles. The number of hydrazone groups is 1. The van der Waals surface area contributed by atoms with Gasteiger partial charge in [0.15, 0.2) is 0 Å². The predicted octanol–water partition coefficient (Wildman–Crippen LogP) is 3.08. The number of aryl methyl sites for hydroxylation is 2. The van der Waals surface area contributed by atoms with Gasteiger partial charge in [-0.3, -0.25) is 4.79 Å². The van der Waals surface area contributed by atoms with Gasteiger partial charge in [0.25, 0.3) is 5.91 Å². The third kappa shape index (κ3) is 3.92. The lowest BCUT2D eigenvalue weighted by Crippen LogP contribution is -2.17. The minimum Gasteiger partial charge on any atom is -0.496 e. The van der Waals surface area contributed by atoms with E-state index in [0.29, 0.717) is 5.56 Å². The fraction of sp³-hybridized carbons (Fsp3) is 0.176. The van der Waals surface area contributed by atoms with E-state index >= 15 is 0 Å². The molecule has 0 atom stereocenters. The molecule has 0 fully saturated rings. The molecule has 0 bridgehead atoms. The first-order valence-electron chi connectivity index (χ1n) is 6.65. The van der Waals surface area contributed by atoms with Gasteiger partial charge in [-0.1, -0.05) is 17.7 Å². The quantitative estimate of drug-likeness (QED) is 0.692. The Kier molecular flexibility index (Phi) is 4.72. The van der Waals surface area contributed by atoms with Gasteiger partial charge < -0.3 is 4.74 Å². The molecule has 1 N–H and O–H groups in total. The number of rotatable bonds is 4. The van der Waals surface area contributed by atoms with Crippen molar-refractivity contribution < 1.29 is 9.53 Å². The zero-order valence-electron chi connectivity index (χ0n) is 12.4. The van der Waals surface area contributed by atoms with Crippen LogP contribution in [0.2, 0.25) is 0 Å². The van der Waals surface area contributed by atoms with Crippen molar-refractivity contribution in [1.29, 1.82) is 0 Å². The molecule has 2 aromatic rings. The summed E-state index contributed by atoms with van der Waals surface area (Å²) in [6, 6.07) is 13.0. The molecule has 4 heteroatoms. The number of methoxy groups -OCH3 is 1. The summed E-state index contributed by atoms with van der Waals surface area (Å²) in [6.07, 6.45) is 1.61. The van der Waals surface area contributed by atoms with Gasteiger partial charge in [-0.25, -0.2) is 5.43 Å². The molecule has 108 valence electrons. The van der Waals surface area contributed by atoms with E-state index in [1.807, 2.05) is 44.2 Å². The van der Waals surface area contributed by atoms with E-state index in [4.69, 9.17) is 4.74 Å². The number of amides is 1. The van der Waals surface area contributed by atoms with Crippen LogP contribution < -0.4 is 10.2 Å². The first-order chi connectivity index (χ1) is 10.1. The van der Waals surface area contributed by atoms with Gasteiger partial charge >= 0.3 is 0 Å². The molecule has 0 heterocycles. The van der Waals surface area contributed by atoms with E-state index in [2.05, 4.69) is 10.5 Å². The van der Waals surface area contributed by atoms with Crippen LogP contribution in [0.5, 0.6) is 5.75 Å². The third-order valence-corrected chi connectivity index (χ3v) is 3.11. The number of hydrogen-bond acceptors (Lipinski definition) is 3. The number of benzene rings is 2. The summed E-state index contributed by atoms with van der Waals surface area (Å²) in [7, 11) is 1.64. The van der Waals surface area contributed by atoms with Gasteiger partial charge in [-0.15, -0.1) is 0 Å². The van der Waals surface area contributed by atoms with E-state index in [0.717, 1.165) is 22.4 Å². The number of carbonyl (C=O) groups is 1. The smallest absolute Gasteiger partial charge is 0.271 e. The van der Waals surface area contributed by atoms with Crippen LogP contribution in [0, 0.1) is 13.8 Å². The highest BCUT2D eigenvalue weighted by molar-refractivity contribution is 5.94. The number of carbonyl (C=O) groups excluding carboxylic acids is 1. The van der Waals surface area contributed by atoms with Crippen molar-refractivity contribution in [2.24, 2.45) is 5.10 Å². The fourth-order valence-corrected chi connectivity index (χ4v) is 1.92. The summed E-state index contributed by atoms with van der Waals surface area (Å²) < 4.78 is 5.20. The lowest BCUT2D eigenvalue weighted by atomic mass is 10.1. The maximum Gasteiger partial charge on any atom is 0.271 e. The monoisotopic (exact) mass is 282 g/mol. The Morgan fingerprint density at radius 2 is 1.86 bits per heavy atom. The van der Waals surface area contributed by atoms with Crippen LogP contribution in [0.15, 0.2) is 47.6 Å². The van der Waals surface area contributed by atoms with E-state index < -0.39 is 0 Å². The normalized spacial score (nSPS) is 10.6. The Labute approximate surface area is 124 Å². The van der Waals surface area contributed by atoms with Crippen molar-refractivity contribution in [3.05, 3.63) is 64.7 Å². The van der Waals surface area contributed by atoms with Crippen LogP contribution in [0.1, 0.15) is 27.0 Å². The Morgan fingerprint density at radius 3 is 2.48 bits per heavy atom. The highest BCUT2D eigenvalue weighted by Gasteiger charge is 2.03. The molecule has 0 unspecified atom stereocenters. The molecule has 4 nitrogen and oxygen atoms in total. The molecule has 0 aliphatic heterocycles. The largest absolute Gasteiger partial charge is 0.496 e. The maximum atomic E-state index is 11.9. The number of ether oxygens (including phenoxy) is 1. The summed E-state index contributed by atoms with van der Waals surface area (Å²) in [5.74, 6) is 0.604. The second-order valence-corrected chi connectivity index (χ2v) is 4.79. The summed E-state index contributed by atoms with van der Waals surface area (Å²) in [5, 5.41) is 3.97. The van der Waals surface area contributed by atoms with Crippen LogP contribution >= 0.6 is 0 Å². The van der Waals surface area contributed by atoms with E-state index in [-0.39, 0.29) is 5.91 Å². The predicted molar refractivity (Wildman–Crippen MR) is 84.0 cm³/mol. The highest BCUT2D eigenvalue weighted by Crippen LogP contribution is 2.17. The van der Waals surface area contributed by atoms with Crippen LogP contribution in [-0.4, -0.2) is 19.2 Å². The zero-order valence-corrected chi connectivity index (χ0v) is 12.4. The van der Waals surface area contributed by atoms with Gasteiger partial charge in [0.05, 0.1) is 13.3 Å². The Bertz CT molecular complexity index is 661. The van der Waals surface area contributed by atoms with Gasteiger partial charge in [0.1, 0.15) is 5.75 Å². The molecule has 2 rings (SSSR count). The molecular weight excluding hydrogens is 264 g/mol. The molecular formula is C17H18N2O2. The second-order valence-electron chi connectivity index (χ2n) is 4.79. The molecule has 2 aromatic carbocycles. The topological polar surface area (TPSA) is 50.7 Å². The fourth-order valence-electron chi connectivity index (χ4n) is 1.92. The Hall–Kier alpha value is -2.62. The average Bonchev–Trinajstić information content (AvgIpc) is 2.48. The van der Waals surface area contributed by atoms with Crippen LogP contribution in [-0.2, 0) is 0 Å². The van der Waals surface area contributed by atoms with Crippen molar-refractivity contribution in [3.8, 4) is 5.75 Å². The highest BCUT2D eigenvalue weighted by atomic mass is 16.5. The minimum absolute atomic E-state index is 0.225. The number of nitrogens with one attached hydrogen (secondary N) is 1. The Balaban J connectivity index is 2.00. The van der Waals surface area contributed by atoms with Gasteiger partial charge in [-0.05, 0) is 55.3 Å². The molecule has 0 aromatic heterocycles. The third-order valence-electron chi connectivity index (χ3n) is 3.11. The van der Waals surface area contributed by atoms with Gasteiger partial charge in [-0.2, -0.15) is 5.10 Å². The maximum absolute atomic E-state index is 11.9.